The fourth-order valence-electron chi connectivity index (χ4n) is 4.46. The fraction of sp³-hybridized carbons (Fsp3) is 0.379. The number of hydrogen-bond acceptors (Lipinski definition) is 5. The van der Waals surface area contributed by atoms with Crippen LogP contribution in [0, 0.1) is 0 Å². The molecule has 0 unspecified atom stereocenters. The Hall–Kier alpha value is -3.03. The lowest BCUT2D eigenvalue weighted by Crippen LogP contribution is -2.37. The van der Waals surface area contributed by atoms with E-state index in [1.165, 1.54) is 7.11 Å². The number of amides is 1. The van der Waals surface area contributed by atoms with Crippen molar-refractivity contribution in [2.24, 2.45) is 0 Å². The van der Waals surface area contributed by atoms with Crippen molar-refractivity contribution in [2.45, 2.75) is 38.6 Å². The minimum Gasteiger partial charge on any atom is -0.495 e. The lowest BCUT2D eigenvalue weighted by molar-refractivity contribution is -0.126. The van der Waals surface area contributed by atoms with Gasteiger partial charge < -0.3 is 19.1 Å². The maximum atomic E-state index is 13.9. The monoisotopic (exact) mass is 507 g/mol. The van der Waals surface area contributed by atoms with E-state index in [9.17, 15) is 9.59 Å². The predicted octanol–water partition coefficient (Wildman–Crippen LogP) is 4.71. The third-order valence-electron chi connectivity index (χ3n) is 6.70. The highest BCUT2D eigenvalue weighted by Crippen LogP contribution is 2.30. The van der Waals surface area contributed by atoms with Gasteiger partial charge in [-0.3, -0.25) is 9.59 Å². The van der Waals surface area contributed by atoms with Gasteiger partial charge in [-0.1, -0.05) is 62.4 Å². The number of methoxy groups -OCH3 is 1. The zero-order valence-electron chi connectivity index (χ0n) is 22.0. The molecule has 3 rings (SSSR count). The number of nitrogens with zero attached hydrogens (tertiary/aromatic N) is 3. The molecule has 0 saturated carbocycles. The average molecular weight is 508 g/mol. The van der Waals surface area contributed by atoms with E-state index >= 15 is 0 Å². The number of ether oxygens (including phenoxy) is 1. The van der Waals surface area contributed by atoms with Gasteiger partial charge in [0.15, 0.2) is 0 Å². The molecule has 0 fully saturated rings. The van der Waals surface area contributed by atoms with E-state index in [2.05, 4.69) is 30.9 Å². The van der Waals surface area contributed by atoms with Crippen molar-refractivity contribution >= 4 is 35.2 Å². The van der Waals surface area contributed by atoms with E-state index in [0.29, 0.717) is 35.5 Å². The third-order valence-corrected chi connectivity index (χ3v) is 7.16. The van der Waals surface area contributed by atoms with Gasteiger partial charge in [0.1, 0.15) is 5.76 Å². The SMILES string of the molecule is CCN(CC)CCN(C)C(=O)/C(C)=C(\OC)c1c(S)c2ccccc2n(CCc2ccccc2)c1=O. The van der Waals surface area contributed by atoms with Crippen LogP contribution in [-0.4, -0.2) is 60.6 Å². The largest absolute Gasteiger partial charge is 0.495 e. The summed E-state index contributed by atoms with van der Waals surface area (Å²) in [7, 11) is 3.28. The Morgan fingerprint density at radius 1 is 1.00 bits per heavy atom. The molecule has 192 valence electrons. The van der Waals surface area contributed by atoms with E-state index in [1.807, 2.05) is 42.5 Å². The van der Waals surface area contributed by atoms with Crippen LogP contribution in [0.3, 0.4) is 0 Å². The van der Waals surface area contributed by atoms with Gasteiger partial charge in [-0.05, 0) is 38.1 Å². The minimum atomic E-state index is -0.218. The highest BCUT2D eigenvalue weighted by atomic mass is 32.1. The second-order valence-electron chi connectivity index (χ2n) is 8.84. The zero-order valence-corrected chi connectivity index (χ0v) is 22.8. The maximum absolute atomic E-state index is 13.9. The highest BCUT2D eigenvalue weighted by molar-refractivity contribution is 7.80. The molecule has 0 aliphatic heterocycles. The van der Waals surface area contributed by atoms with E-state index in [4.69, 9.17) is 17.4 Å². The molecule has 0 N–H and O–H groups in total. The van der Waals surface area contributed by atoms with Crippen molar-refractivity contribution in [1.82, 2.24) is 14.4 Å². The van der Waals surface area contributed by atoms with Crippen LogP contribution in [0.2, 0.25) is 0 Å². The summed E-state index contributed by atoms with van der Waals surface area (Å²) in [6.07, 6.45) is 0.703. The Morgan fingerprint density at radius 3 is 2.28 bits per heavy atom. The summed E-state index contributed by atoms with van der Waals surface area (Å²) in [5.74, 6) is 0.0963. The number of aromatic nitrogens is 1. The first-order valence-electron chi connectivity index (χ1n) is 12.4. The average Bonchev–Trinajstić information content (AvgIpc) is 2.91. The fourth-order valence-corrected chi connectivity index (χ4v) is 4.85. The maximum Gasteiger partial charge on any atom is 0.263 e. The van der Waals surface area contributed by atoms with Crippen molar-refractivity contribution in [3.05, 3.63) is 81.7 Å². The third kappa shape index (κ3) is 6.02. The molecule has 1 aromatic heterocycles. The first-order valence-corrected chi connectivity index (χ1v) is 12.9. The molecule has 0 bridgehead atoms. The molecular weight excluding hydrogens is 470 g/mol. The highest BCUT2D eigenvalue weighted by Gasteiger charge is 2.24. The lowest BCUT2D eigenvalue weighted by Gasteiger charge is -2.24. The lowest BCUT2D eigenvalue weighted by atomic mass is 10.1. The Morgan fingerprint density at radius 2 is 1.64 bits per heavy atom. The van der Waals surface area contributed by atoms with Crippen LogP contribution >= 0.6 is 12.6 Å². The number of likely N-dealkylation sites (N-methyl/N-ethyl adjacent to an activating group) is 2. The van der Waals surface area contributed by atoms with Crippen LogP contribution in [-0.2, 0) is 22.5 Å². The van der Waals surface area contributed by atoms with Crippen molar-refractivity contribution in [2.75, 3.05) is 40.3 Å². The summed E-state index contributed by atoms with van der Waals surface area (Å²) in [4.78, 5) is 31.7. The first kappa shape index (κ1) is 27.6. The number of para-hydroxylation sites is 1. The first-order chi connectivity index (χ1) is 17.3. The molecule has 0 spiro atoms. The smallest absolute Gasteiger partial charge is 0.263 e. The Kier molecular flexibility index (Phi) is 9.79. The van der Waals surface area contributed by atoms with E-state index in [-0.39, 0.29) is 17.2 Å². The van der Waals surface area contributed by atoms with E-state index in [0.717, 1.165) is 36.1 Å². The van der Waals surface area contributed by atoms with Crippen LogP contribution in [0.25, 0.3) is 16.7 Å². The molecule has 1 heterocycles. The molecule has 0 radical (unpaired) electrons. The summed E-state index contributed by atoms with van der Waals surface area (Å²) < 4.78 is 7.49. The Labute approximate surface area is 219 Å². The number of carbonyl (C=O) groups excluding carboxylic acids is 1. The molecule has 7 heteroatoms. The number of carbonyl (C=O) groups is 1. The molecule has 36 heavy (non-hydrogen) atoms. The number of fused-ring (bicyclic) bond motifs is 1. The number of aryl methyl sites for hydroxylation is 2. The molecule has 2 aromatic carbocycles. The van der Waals surface area contributed by atoms with Gasteiger partial charge in [0.25, 0.3) is 11.5 Å². The van der Waals surface area contributed by atoms with Gasteiger partial charge in [-0.15, -0.1) is 12.6 Å². The minimum absolute atomic E-state index is 0.171. The Bertz CT molecular complexity index is 1280. The second-order valence-corrected chi connectivity index (χ2v) is 9.29. The van der Waals surface area contributed by atoms with E-state index in [1.54, 1.807) is 23.4 Å². The van der Waals surface area contributed by atoms with Gasteiger partial charge in [0, 0.05) is 37.0 Å². The van der Waals surface area contributed by atoms with Gasteiger partial charge in [-0.25, -0.2) is 0 Å². The number of benzene rings is 2. The number of rotatable bonds is 11. The second kappa shape index (κ2) is 12.8. The molecule has 3 aromatic rings. The molecule has 6 nitrogen and oxygen atoms in total. The van der Waals surface area contributed by atoms with Crippen molar-refractivity contribution < 1.29 is 9.53 Å². The van der Waals surface area contributed by atoms with E-state index < -0.39 is 0 Å². The van der Waals surface area contributed by atoms with Crippen molar-refractivity contribution in [1.29, 1.82) is 0 Å². The molecule has 0 aliphatic rings. The van der Waals surface area contributed by atoms with Crippen molar-refractivity contribution in [3.8, 4) is 0 Å². The van der Waals surface area contributed by atoms with Gasteiger partial charge in [0.05, 0.1) is 23.8 Å². The zero-order chi connectivity index (χ0) is 26.2. The summed E-state index contributed by atoms with van der Waals surface area (Å²) in [5.41, 5.74) is 2.44. The summed E-state index contributed by atoms with van der Waals surface area (Å²) in [6, 6.07) is 17.8. The van der Waals surface area contributed by atoms with Crippen LogP contribution < -0.4 is 5.56 Å². The van der Waals surface area contributed by atoms with Gasteiger partial charge >= 0.3 is 0 Å². The molecule has 0 aliphatic carbocycles. The quantitative estimate of drug-likeness (QED) is 0.232. The number of hydrogen-bond donors (Lipinski definition) is 1. The topological polar surface area (TPSA) is 54.8 Å². The summed E-state index contributed by atoms with van der Waals surface area (Å²) in [5, 5.41) is 0.841. The van der Waals surface area contributed by atoms with Crippen LogP contribution in [0.5, 0.6) is 0 Å². The van der Waals surface area contributed by atoms with Gasteiger partial charge in [0.2, 0.25) is 0 Å². The Balaban J connectivity index is 2.06. The van der Waals surface area contributed by atoms with Crippen molar-refractivity contribution in [3.63, 3.8) is 0 Å². The molecular formula is C29H37N3O3S. The molecule has 0 atom stereocenters. The summed E-state index contributed by atoms with van der Waals surface area (Å²) in [6.45, 7) is 9.65. The van der Waals surface area contributed by atoms with Gasteiger partial charge in [-0.2, -0.15) is 0 Å². The molecule has 0 saturated heterocycles. The van der Waals surface area contributed by atoms with Crippen LogP contribution in [0.1, 0.15) is 31.9 Å². The predicted molar refractivity (Wildman–Crippen MR) is 151 cm³/mol. The number of thiol groups is 1. The normalized spacial score (nSPS) is 12.1. The summed E-state index contributed by atoms with van der Waals surface area (Å²) >= 11 is 4.76. The molecule has 1 amide bonds. The number of pyridine rings is 1. The standard InChI is InChI=1S/C29H37N3O3S/c1-6-31(7-2)20-19-30(4)28(33)21(3)26(35-5)25-27(36)23-15-11-12-16-24(23)32(29(25)34)18-17-22-13-9-8-10-14-22/h8-16,36H,6-7,17-20H2,1-5H3/b26-21-. The van der Waals surface area contributed by atoms with Crippen LogP contribution in [0.15, 0.2) is 69.9 Å². The van der Waals surface area contributed by atoms with Crippen LogP contribution in [0.4, 0.5) is 0 Å².